The molecule has 3 aliphatic rings. The molecule has 166 valence electrons. The van der Waals surface area contributed by atoms with Crippen molar-refractivity contribution in [2.24, 2.45) is 5.41 Å². The molecule has 4 amide bonds. The number of nitrogens with zero attached hydrogens (tertiary/aromatic N) is 3. The Kier molecular flexibility index (Phi) is 5.12. The van der Waals surface area contributed by atoms with Gasteiger partial charge in [0.25, 0.3) is 0 Å². The van der Waals surface area contributed by atoms with Crippen LogP contribution in [0, 0.1) is 5.41 Å². The summed E-state index contributed by atoms with van der Waals surface area (Å²) < 4.78 is 0. The summed E-state index contributed by atoms with van der Waals surface area (Å²) in [5.74, 6) is -0.834. The van der Waals surface area contributed by atoms with E-state index in [1.54, 1.807) is 0 Å². The quantitative estimate of drug-likeness (QED) is 0.753. The van der Waals surface area contributed by atoms with Gasteiger partial charge in [-0.15, -0.1) is 0 Å². The standard InChI is InChI=1S/C25H28N4O3/c1-2-3-13-29-23(31)25(22(30)26-24(29)32)16-18-9-7-8-12-20(18)28-15-14-27(17-21(25)28)19-10-5-4-6-11-19/h4-12,21H,2-3,13-17H2,1H3,(H,26,30,32)/t21-,25-/m1/s1. The van der Waals surface area contributed by atoms with Gasteiger partial charge in [-0.25, -0.2) is 4.79 Å². The molecule has 3 heterocycles. The normalized spacial score (nSPS) is 25.0. The summed E-state index contributed by atoms with van der Waals surface area (Å²) in [6, 6.07) is 17.1. The van der Waals surface area contributed by atoms with Crippen molar-refractivity contribution in [3.63, 3.8) is 0 Å². The number of hydrogen-bond acceptors (Lipinski definition) is 5. The van der Waals surface area contributed by atoms with E-state index in [1.807, 2.05) is 43.3 Å². The Balaban J connectivity index is 1.60. The number of barbiturate groups is 1. The molecule has 7 nitrogen and oxygen atoms in total. The molecule has 0 radical (unpaired) electrons. The summed E-state index contributed by atoms with van der Waals surface area (Å²) in [5, 5.41) is 2.53. The first-order chi connectivity index (χ1) is 15.6. The van der Waals surface area contributed by atoms with Crippen LogP contribution in [0.2, 0.25) is 0 Å². The number of urea groups is 1. The highest BCUT2D eigenvalue weighted by atomic mass is 16.2. The molecule has 0 saturated carbocycles. The van der Waals surface area contributed by atoms with E-state index in [4.69, 9.17) is 0 Å². The molecule has 3 aliphatic heterocycles. The number of benzene rings is 2. The van der Waals surface area contributed by atoms with Gasteiger partial charge in [0.15, 0.2) is 5.41 Å². The first kappa shape index (κ1) is 20.5. The van der Waals surface area contributed by atoms with E-state index in [0.29, 0.717) is 32.5 Å². The van der Waals surface area contributed by atoms with Gasteiger partial charge in [-0.3, -0.25) is 19.8 Å². The molecule has 2 aromatic carbocycles. The van der Waals surface area contributed by atoms with Crippen molar-refractivity contribution in [1.82, 2.24) is 10.2 Å². The molecule has 32 heavy (non-hydrogen) atoms. The molecular weight excluding hydrogens is 404 g/mol. The molecule has 1 spiro atoms. The first-order valence-corrected chi connectivity index (χ1v) is 11.4. The Morgan fingerprint density at radius 1 is 1.00 bits per heavy atom. The zero-order chi connectivity index (χ0) is 22.3. The molecule has 7 heteroatoms. The van der Waals surface area contributed by atoms with Crippen LogP contribution in [0.25, 0.3) is 0 Å². The number of carbonyl (C=O) groups is 3. The average molecular weight is 433 g/mol. The van der Waals surface area contributed by atoms with Crippen LogP contribution in [0.1, 0.15) is 25.3 Å². The Morgan fingerprint density at radius 2 is 1.75 bits per heavy atom. The van der Waals surface area contributed by atoms with Crippen molar-refractivity contribution in [3.8, 4) is 0 Å². The van der Waals surface area contributed by atoms with Gasteiger partial charge in [-0.05, 0) is 36.6 Å². The number of anilines is 2. The van der Waals surface area contributed by atoms with Crippen LogP contribution in [-0.2, 0) is 16.0 Å². The lowest BCUT2D eigenvalue weighted by atomic mass is 9.67. The fraction of sp³-hybridized carbons (Fsp3) is 0.400. The number of amides is 4. The van der Waals surface area contributed by atoms with E-state index in [-0.39, 0.29) is 11.9 Å². The molecule has 0 bridgehead atoms. The van der Waals surface area contributed by atoms with Crippen molar-refractivity contribution in [3.05, 3.63) is 60.2 Å². The van der Waals surface area contributed by atoms with Gasteiger partial charge in [-0.1, -0.05) is 49.7 Å². The maximum atomic E-state index is 13.9. The summed E-state index contributed by atoms with van der Waals surface area (Å²) in [6.45, 7) is 4.37. The molecule has 2 atom stereocenters. The van der Waals surface area contributed by atoms with Gasteiger partial charge < -0.3 is 9.80 Å². The highest BCUT2D eigenvalue weighted by Crippen LogP contribution is 2.46. The molecule has 1 N–H and O–H groups in total. The smallest absolute Gasteiger partial charge is 0.330 e. The lowest BCUT2D eigenvalue weighted by Gasteiger charge is -2.55. The van der Waals surface area contributed by atoms with E-state index in [2.05, 4.69) is 33.3 Å². The fourth-order valence-electron chi connectivity index (χ4n) is 5.40. The highest BCUT2D eigenvalue weighted by molar-refractivity contribution is 6.20. The van der Waals surface area contributed by atoms with E-state index in [1.165, 1.54) is 4.90 Å². The predicted octanol–water partition coefficient (Wildman–Crippen LogP) is 2.80. The number of rotatable bonds is 4. The first-order valence-electron chi connectivity index (χ1n) is 11.4. The van der Waals surface area contributed by atoms with E-state index < -0.39 is 17.4 Å². The maximum absolute atomic E-state index is 13.9. The number of carbonyl (C=O) groups excluding carboxylic acids is 3. The van der Waals surface area contributed by atoms with Crippen LogP contribution in [0.3, 0.4) is 0 Å². The van der Waals surface area contributed by atoms with Crippen molar-refractivity contribution >= 4 is 29.2 Å². The Bertz CT molecular complexity index is 1060. The summed E-state index contributed by atoms with van der Waals surface area (Å²) in [5.41, 5.74) is 1.80. The third kappa shape index (κ3) is 3.06. The van der Waals surface area contributed by atoms with E-state index >= 15 is 0 Å². The second-order valence-corrected chi connectivity index (χ2v) is 8.84. The number of unbranched alkanes of at least 4 members (excludes halogenated alkanes) is 1. The van der Waals surface area contributed by atoms with Crippen molar-refractivity contribution in [2.75, 3.05) is 36.0 Å². The SMILES string of the molecule is CCCCN1C(=O)NC(=O)[C@]2(Cc3ccccc3N3CCN(c4ccccc4)C[C@@H]32)C1=O. The van der Waals surface area contributed by atoms with Crippen LogP contribution in [0.15, 0.2) is 54.6 Å². The van der Waals surface area contributed by atoms with Crippen LogP contribution >= 0.6 is 0 Å². The molecule has 0 aromatic heterocycles. The van der Waals surface area contributed by atoms with Crippen LogP contribution in [0.5, 0.6) is 0 Å². The average Bonchev–Trinajstić information content (AvgIpc) is 2.83. The Hall–Kier alpha value is -3.35. The van der Waals surface area contributed by atoms with Gasteiger partial charge in [-0.2, -0.15) is 0 Å². The maximum Gasteiger partial charge on any atom is 0.330 e. The van der Waals surface area contributed by atoms with Crippen molar-refractivity contribution < 1.29 is 14.4 Å². The van der Waals surface area contributed by atoms with Gasteiger partial charge >= 0.3 is 6.03 Å². The van der Waals surface area contributed by atoms with Gasteiger partial charge in [0, 0.05) is 37.6 Å². The third-order valence-electron chi connectivity index (χ3n) is 7.07. The Labute approximate surface area is 188 Å². The third-order valence-corrected chi connectivity index (χ3v) is 7.07. The Morgan fingerprint density at radius 3 is 2.53 bits per heavy atom. The van der Waals surface area contributed by atoms with Crippen LogP contribution in [0.4, 0.5) is 16.2 Å². The number of hydrogen-bond donors (Lipinski definition) is 1. The van der Waals surface area contributed by atoms with Crippen LogP contribution in [-0.4, -0.2) is 55.0 Å². The molecular formula is C25H28N4O3. The van der Waals surface area contributed by atoms with Crippen molar-refractivity contribution in [1.29, 1.82) is 0 Å². The van der Waals surface area contributed by atoms with Gasteiger partial charge in [0.1, 0.15) is 0 Å². The number of piperazine rings is 1. The van der Waals surface area contributed by atoms with E-state index in [0.717, 1.165) is 29.9 Å². The molecule has 5 rings (SSSR count). The lowest BCUT2D eigenvalue weighted by Crippen LogP contribution is -2.75. The summed E-state index contributed by atoms with van der Waals surface area (Å²) in [6.07, 6.45) is 1.87. The highest BCUT2D eigenvalue weighted by Gasteiger charge is 2.62. The van der Waals surface area contributed by atoms with E-state index in [9.17, 15) is 14.4 Å². The van der Waals surface area contributed by atoms with Gasteiger partial charge in [0.2, 0.25) is 11.8 Å². The molecule has 0 unspecified atom stereocenters. The largest absolute Gasteiger partial charge is 0.368 e. The summed E-state index contributed by atoms with van der Waals surface area (Å²) in [4.78, 5) is 45.7. The number of nitrogens with one attached hydrogen (secondary N) is 1. The monoisotopic (exact) mass is 432 g/mol. The number of imide groups is 2. The zero-order valence-corrected chi connectivity index (χ0v) is 18.3. The minimum absolute atomic E-state index is 0.299. The fourth-order valence-corrected chi connectivity index (χ4v) is 5.40. The summed E-state index contributed by atoms with van der Waals surface area (Å²) >= 11 is 0. The minimum atomic E-state index is -1.33. The topological polar surface area (TPSA) is 73.0 Å². The van der Waals surface area contributed by atoms with Crippen molar-refractivity contribution in [2.45, 2.75) is 32.2 Å². The molecule has 2 fully saturated rings. The summed E-state index contributed by atoms with van der Waals surface area (Å²) in [7, 11) is 0. The second kappa shape index (κ2) is 7.97. The zero-order valence-electron chi connectivity index (χ0n) is 18.3. The lowest BCUT2D eigenvalue weighted by molar-refractivity contribution is -0.153. The van der Waals surface area contributed by atoms with Gasteiger partial charge in [0.05, 0.1) is 6.04 Å². The van der Waals surface area contributed by atoms with Crippen LogP contribution < -0.4 is 15.1 Å². The predicted molar refractivity (Wildman–Crippen MR) is 123 cm³/mol. The minimum Gasteiger partial charge on any atom is -0.368 e. The number of para-hydroxylation sites is 2. The molecule has 2 aromatic rings. The molecule has 2 saturated heterocycles. The molecule has 0 aliphatic carbocycles. The second-order valence-electron chi connectivity index (χ2n) is 8.84. The number of fused-ring (bicyclic) bond motifs is 4.